The number of ether oxygens (including phenoxy) is 2. The Morgan fingerprint density at radius 2 is 1.67 bits per heavy atom. The minimum Gasteiger partial charge on any atom is -0.351 e. The Morgan fingerprint density at radius 3 is 2.07 bits per heavy atom. The van der Waals surface area contributed by atoms with Gasteiger partial charge in [-0.25, -0.2) is 0 Å². The molecule has 0 saturated heterocycles. The van der Waals surface area contributed by atoms with E-state index in [0.29, 0.717) is 19.8 Å². The maximum Gasteiger partial charge on any atom is 0.176 e. The summed E-state index contributed by atoms with van der Waals surface area (Å²) in [5.74, 6) is 0. The SMILES string of the molecule is CCCCOC(CNC#N)OCCCC. The fraction of sp³-hybridized carbons (Fsp3) is 0.909. The van der Waals surface area contributed by atoms with Crippen LogP contribution < -0.4 is 5.32 Å². The van der Waals surface area contributed by atoms with Crippen molar-refractivity contribution < 1.29 is 9.47 Å². The standard InChI is InChI=1S/C11H22N2O2/c1-3-5-7-14-11(9-13-10-12)15-8-6-4-2/h11,13H,3-9H2,1-2H3. The lowest BCUT2D eigenvalue weighted by Gasteiger charge is -2.17. The number of nitrogens with one attached hydrogen (secondary N) is 1. The van der Waals surface area contributed by atoms with Crippen LogP contribution in [0.2, 0.25) is 0 Å². The molecular formula is C11H22N2O2. The molecule has 0 radical (unpaired) electrons. The normalized spacial score (nSPS) is 10.3. The molecule has 4 nitrogen and oxygen atoms in total. The van der Waals surface area contributed by atoms with Crippen LogP contribution in [0.3, 0.4) is 0 Å². The molecule has 0 saturated carbocycles. The van der Waals surface area contributed by atoms with Crippen LogP contribution in [0, 0.1) is 11.5 Å². The van der Waals surface area contributed by atoms with Crippen LogP contribution in [0.5, 0.6) is 0 Å². The van der Waals surface area contributed by atoms with E-state index in [1.54, 1.807) is 0 Å². The van der Waals surface area contributed by atoms with Crippen molar-refractivity contribution in [2.24, 2.45) is 0 Å². The van der Waals surface area contributed by atoms with Crippen LogP contribution in [-0.4, -0.2) is 26.0 Å². The highest BCUT2D eigenvalue weighted by atomic mass is 16.7. The molecule has 88 valence electrons. The smallest absolute Gasteiger partial charge is 0.176 e. The third kappa shape index (κ3) is 9.51. The molecule has 0 aromatic heterocycles. The van der Waals surface area contributed by atoms with Gasteiger partial charge in [0.25, 0.3) is 0 Å². The molecule has 0 bridgehead atoms. The van der Waals surface area contributed by atoms with Crippen molar-refractivity contribution in [3.05, 3.63) is 0 Å². The Labute approximate surface area is 92.6 Å². The van der Waals surface area contributed by atoms with Crippen LogP contribution in [0.4, 0.5) is 0 Å². The van der Waals surface area contributed by atoms with Crippen molar-refractivity contribution in [1.29, 1.82) is 5.26 Å². The Kier molecular flexibility index (Phi) is 10.7. The molecule has 0 aliphatic rings. The number of hydrogen-bond acceptors (Lipinski definition) is 4. The molecular weight excluding hydrogens is 192 g/mol. The second kappa shape index (κ2) is 11.3. The average Bonchev–Trinajstić information content (AvgIpc) is 2.25. The quantitative estimate of drug-likeness (QED) is 0.261. The summed E-state index contributed by atoms with van der Waals surface area (Å²) in [5.41, 5.74) is 0. The van der Waals surface area contributed by atoms with Crippen LogP contribution in [0.1, 0.15) is 39.5 Å². The first-order valence-electron chi connectivity index (χ1n) is 5.70. The molecule has 0 amide bonds. The minimum atomic E-state index is -0.289. The number of nitrogens with zero attached hydrogens (tertiary/aromatic N) is 1. The number of hydrogen-bond donors (Lipinski definition) is 1. The molecule has 0 atom stereocenters. The Morgan fingerprint density at radius 1 is 1.13 bits per heavy atom. The second-order valence-corrected chi connectivity index (χ2v) is 3.37. The van der Waals surface area contributed by atoms with Gasteiger partial charge < -0.3 is 14.8 Å². The van der Waals surface area contributed by atoms with E-state index in [1.807, 2.05) is 6.19 Å². The van der Waals surface area contributed by atoms with E-state index in [9.17, 15) is 0 Å². The van der Waals surface area contributed by atoms with Gasteiger partial charge >= 0.3 is 0 Å². The molecule has 1 N–H and O–H groups in total. The lowest BCUT2D eigenvalue weighted by molar-refractivity contribution is -0.139. The molecule has 0 aromatic carbocycles. The molecule has 0 spiro atoms. The van der Waals surface area contributed by atoms with Gasteiger partial charge in [0.2, 0.25) is 0 Å². The predicted octanol–water partition coefficient (Wildman–Crippen LogP) is 2.02. The largest absolute Gasteiger partial charge is 0.351 e. The van der Waals surface area contributed by atoms with E-state index in [2.05, 4.69) is 19.2 Å². The van der Waals surface area contributed by atoms with Crippen molar-refractivity contribution in [3.8, 4) is 6.19 Å². The first-order valence-corrected chi connectivity index (χ1v) is 5.70. The molecule has 0 aromatic rings. The molecule has 0 unspecified atom stereocenters. The van der Waals surface area contributed by atoms with E-state index in [0.717, 1.165) is 25.7 Å². The van der Waals surface area contributed by atoms with Gasteiger partial charge in [-0.05, 0) is 12.8 Å². The lowest BCUT2D eigenvalue weighted by Crippen LogP contribution is -2.29. The molecule has 15 heavy (non-hydrogen) atoms. The summed E-state index contributed by atoms with van der Waals surface area (Å²) in [7, 11) is 0. The topological polar surface area (TPSA) is 54.3 Å². The summed E-state index contributed by atoms with van der Waals surface area (Å²) in [6, 6.07) is 0. The summed E-state index contributed by atoms with van der Waals surface area (Å²) in [4.78, 5) is 0. The van der Waals surface area contributed by atoms with Gasteiger partial charge in [-0.2, -0.15) is 5.26 Å². The maximum atomic E-state index is 8.39. The first kappa shape index (κ1) is 14.2. The van der Waals surface area contributed by atoms with E-state index in [-0.39, 0.29) is 6.29 Å². The van der Waals surface area contributed by atoms with Gasteiger partial charge in [-0.15, -0.1) is 0 Å². The molecule has 0 aliphatic heterocycles. The van der Waals surface area contributed by atoms with Gasteiger partial charge in [0, 0.05) is 13.2 Å². The highest BCUT2D eigenvalue weighted by Crippen LogP contribution is 1.99. The fourth-order valence-electron chi connectivity index (χ4n) is 1.01. The zero-order valence-electron chi connectivity index (χ0n) is 9.79. The molecule has 0 fully saturated rings. The van der Waals surface area contributed by atoms with Crippen LogP contribution >= 0.6 is 0 Å². The summed E-state index contributed by atoms with van der Waals surface area (Å²) in [6.07, 6.45) is 5.84. The lowest BCUT2D eigenvalue weighted by atomic mass is 10.3. The molecule has 4 heteroatoms. The third-order valence-electron chi connectivity index (χ3n) is 1.95. The van der Waals surface area contributed by atoms with Gasteiger partial charge in [-0.3, -0.25) is 0 Å². The van der Waals surface area contributed by atoms with E-state index in [4.69, 9.17) is 14.7 Å². The Bertz CT molecular complexity index is 158. The summed E-state index contributed by atoms with van der Waals surface area (Å²) >= 11 is 0. The van der Waals surface area contributed by atoms with Crippen LogP contribution in [0.25, 0.3) is 0 Å². The molecule has 0 rings (SSSR count). The first-order chi connectivity index (χ1) is 7.35. The number of rotatable bonds is 10. The molecule has 0 heterocycles. The van der Waals surface area contributed by atoms with Crippen LogP contribution in [0.15, 0.2) is 0 Å². The van der Waals surface area contributed by atoms with Crippen molar-refractivity contribution >= 4 is 0 Å². The summed E-state index contributed by atoms with van der Waals surface area (Å²) < 4.78 is 11.0. The second-order valence-electron chi connectivity index (χ2n) is 3.37. The van der Waals surface area contributed by atoms with E-state index >= 15 is 0 Å². The number of nitriles is 1. The van der Waals surface area contributed by atoms with Crippen molar-refractivity contribution in [2.75, 3.05) is 19.8 Å². The van der Waals surface area contributed by atoms with Gasteiger partial charge in [0.05, 0.1) is 6.54 Å². The fourth-order valence-corrected chi connectivity index (χ4v) is 1.01. The van der Waals surface area contributed by atoms with E-state index < -0.39 is 0 Å². The highest BCUT2D eigenvalue weighted by molar-refractivity contribution is 4.66. The Hall–Kier alpha value is -0.790. The zero-order valence-corrected chi connectivity index (χ0v) is 9.79. The zero-order chi connectivity index (χ0) is 11.4. The van der Waals surface area contributed by atoms with Crippen LogP contribution in [-0.2, 0) is 9.47 Å². The highest BCUT2D eigenvalue weighted by Gasteiger charge is 2.07. The van der Waals surface area contributed by atoms with Gasteiger partial charge in [0.15, 0.2) is 12.5 Å². The van der Waals surface area contributed by atoms with Gasteiger partial charge in [0.1, 0.15) is 0 Å². The number of unbranched alkanes of at least 4 members (excludes halogenated alkanes) is 2. The van der Waals surface area contributed by atoms with Gasteiger partial charge in [-0.1, -0.05) is 26.7 Å². The van der Waals surface area contributed by atoms with Crippen molar-refractivity contribution in [1.82, 2.24) is 5.32 Å². The predicted molar refractivity (Wildman–Crippen MR) is 59.1 cm³/mol. The van der Waals surface area contributed by atoms with E-state index in [1.165, 1.54) is 0 Å². The average molecular weight is 214 g/mol. The van der Waals surface area contributed by atoms with Crippen molar-refractivity contribution in [3.63, 3.8) is 0 Å². The summed E-state index contributed by atoms with van der Waals surface area (Å²) in [5, 5.41) is 10.9. The minimum absolute atomic E-state index is 0.289. The molecule has 0 aliphatic carbocycles. The maximum absolute atomic E-state index is 8.39. The summed E-state index contributed by atoms with van der Waals surface area (Å²) in [6.45, 7) is 6.05. The van der Waals surface area contributed by atoms with Crippen molar-refractivity contribution in [2.45, 2.75) is 45.8 Å². The third-order valence-corrected chi connectivity index (χ3v) is 1.95. The monoisotopic (exact) mass is 214 g/mol. The Balaban J connectivity index is 3.59.